The fourth-order valence-corrected chi connectivity index (χ4v) is 2.93. The Bertz CT molecular complexity index is 655. The minimum Gasteiger partial charge on any atom is -0.483 e. The molecule has 2 aromatic rings. The van der Waals surface area contributed by atoms with Crippen LogP contribution < -0.4 is 4.74 Å². The van der Waals surface area contributed by atoms with Gasteiger partial charge in [-0.3, -0.25) is 4.79 Å². The van der Waals surface area contributed by atoms with E-state index >= 15 is 0 Å². The normalized spacial score (nSPS) is 21.8. The molecule has 1 fully saturated rings. The Labute approximate surface area is 130 Å². The molecule has 2 aromatic carbocycles. The maximum absolute atomic E-state index is 12.3. The van der Waals surface area contributed by atoms with Gasteiger partial charge in [-0.1, -0.05) is 36.4 Å². The molecule has 1 saturated heterocycles. The van der Waals surface area contributed by atoms with Crippen LogP contribution in [0.15, 0.2) is 42.5 Å². The fraction of sp³-hybridized carbons (Fsp3) is 0.389. The summed E-state index contributed by atoms with van der Waals surface area (Å²) in [5.41, 5.74) is 0. The van der Waals surface area contributed by atoms with Gasteiger partial charge in [-0.2, -0.15) is 0 Å². The lowest BCUT2D eigenvalue weighted by Crippen LogP contribution is -2.49. The highest BCUT2D eigenvalue weighted by atomic mass is 16.5. The summed E-state index contributed by atoms with van der Waals surface area (Å²) < 4.78 is 11.4. The number of carbonyl (C=O) groups is 1. The molecule has 1 aliphatic rings. The molecule has 0 spiro atoms. The van der Waals surface area contributed by atoms with Crippen LogP contribution in [-0.4, -0.2) is 42.7 Å². The van der Waals surface area contributed by atoms with Crippen LogP contribution in [-0.2, 0) is 9.53 Å². The number of hydrogen-bond donors (Lipinski definition) is 0. The third-order valence-electron chi connectivity index (χ3n) is 3.87. The molecule has 0 saturated carbocycles. The minimum absolute atomic E-state index is 0.00920. The van der Waals surface area contributed by atoms with Gasteiger partial charge < -0.3 is 14.4 Å². The predicted octanol–water partition coefficient (Wildman–Crippen LogP) is 2.85. The van der Waals surface area contributed by atoms with Crippen molar-refractivity contribution in [1.82, 2.24) is 4.90 Å². The van der Waals surface area contributed by atoms with Crippen LogP contribution in [0.4, 0.5) is 0 Å². The van der Waals surface area contributed by atoms with Crippen molar-refractivity contribution in [2.75, 3.05) is 19.7 Å². The lowest BCUT2D eigenvalue weighted by Gasteiger charge is -2.35. The molecule has 2 atom stereocenters. The number of fused-ring (bicyclic) bond motifs is 1. The summed E-state index contributed by atoms with van der Waals surface area (Å²) in [7, 11) is 0. The molecule has 0 radical (unpaired) electrons. The zero-order valence-electron chi connectivity index (χ0n) is 13.0. The summed E-state index contributed by atoms with van der Waals surface area (Å²) in [6, 6.07) is 13.9. The Morgan fingerprint density at radius 1 is 1.14 bits per heavy atom. The molecule has 0 bridgehead atoms. The molecular weight excluding hydrogens is 278 g/mol. The molecule has 4 heteroatoms. The van der Waals surface area contributed by atoms with Gasteiger partial charge in [-0.25, -0.2) is 0 Å². The number of benzene rings is 2. The molecule has 0 aromatic heterocycles. The van der Waals surface area contributed by atoms with Crippen molar-refractivity contribution in [3.63, 3.8) is 0 Å². The van der Waals surface area contributed by atoms with Crippen LogP contribution in [0.1, 0.15) is 13.8 Å². The van der Waals surface area contributed by atoms with E-state index in [9.17, 15) is 4.79 Å². The molecule has 0 unspecified atom stereocenters. The first kappa shape index (κ1) is 14.9. The average molecular weight is 299 g/mol. The number of nitrogens with zero attached hydrogens (tertiary/aromatic N) is 1. The molecule has 0 N–H and O–H groups in total. The third-order valence-corrected chi connectivity index (χ3v) is 3.87. The summed E-state index contributed by atoms with van der Waals surface area (Å²) in [5, 5.41) is 2.14. The standard InChI is InChI=1S/C18H21NO3/c1-13-10-19(11-14(2)22-13)18(20)12-21-17-9-5-7-15-6-3-4-8-16(15)17/h3-9,13-14H,10-12H2,1-2H3/t13-,14+. The summed E-state index contributed by atoms with van der Waals surface area (Å²) in [4.78, 5) is 14.2. The first-order chi connectivity index (χ1) is 10.6. The van der Waals surface area contributed by atoms with Gasteiger partial charge in [0.15, 0.2) is 6.61 Å². The number of amides is 1. The lowest BCUT2D eigenvalue weighted by atomic mass is 10.1. The van der Waals surface area contributed by atoms with E-state index in [1.165, 1.54) is 0 Å². The van der Waals surface area contributed by atoms with Crippen molar-refractivity contribution >= 4 is 16.7 Å². The largest absolute Gasteiger partial charge is 0.483 e. The lowest BCUT2D eigenvalue weighted by molar-refractivity contribution is -0.145. The summed E-state index contributed by atoms with van der Waals surface area (Å²) in [6.45, 7) is 5.29. The van der Waals surface area contributed by atoms with Gasteiger partial charge >= 0.3 is 0 Å². The molecule has 4 nitrogen and oxygen atoms in total. The smallest absolute Gasteiger partial charge is 0.260 e. The first-order valence-electron chi connectivity index (χ1n) is 7.67. The monoisotopic (exact) mass is 299 g/mol. The zero-order chi connectivity index (χ0) is 15.5. The molecule has 116 valence electrons. The predicted molar refractivity (Wildman–Crippen MR) is 86.0 cm³/mol. The quantitative estimate of drug-likeness (QED) is 0.875. The van der Waals surface area contributed by atoms with E-state index in [4.69, 9.17) is 9.47 Å². The number of rotatable bonds is 3. The number of carbonyl (C=O) groups excluding carboxylic acids is 1. The number of morpholine rings is 1. The van der Waals surface area contributed by atoms with Crippen LogP contribution >= 0.6 is 0 Å². The van der Waals surface area contributed by atoms with E-state index in [2.05, 4.69) is 0 Å². The highest BCUT2D eigenvalue weighted by Gasteiger charge is 2.26. The first-order valence-corrected chi connectivity index (χ1v) is 7.67. The van der Waals surface area contributed by atoms with Gasteiger partial charge in [0.2, 0.25) is 0 Å². The SMILES string of the molecule is C[C@@H]1CN(C(=O)COc2cccc3ccccc23)C[C@H](C)O1. The molecule has 3 rings (SSSR count). The molecule has 22 heavy (non-hydrogen) atoms. The Balaban J connectivity index is 1.67. The Hall–Kier alpha value is -2.07. The fourth-order valence-electron chi connectivity index (χ4n) is 2.93. The van der Waals surface area contributed by atoms with Gasteiger partial charge in [0.05, 0.1) is 12.2 Å². The van der Waals surface area contributed by atoms with Gasteiger partial charge in [0, 0.05) is 18.5 Å². The summed E-state index contributed by atoms with van der Waals surface area (Å²) in [6.07, 6.45) is 0.149. The number of ether oxygens (including phenoxy) is 2. The molecule has 1 amide bonds. The summed E-state index contributed by atoms with van der Waals surface area (Å²) in [5.74, 6) is 0.760. The van der Waals surface area contributed by atoms with Crippen molar-refractivity contribution in [2.24, 2.45) is 0 Å². The van der Waals surface area contributed by atoms with E-state index in [0.29, 0.717) is 13.1 Å². The van der Waals surface area contributed by atoms with E-state index < -0.39 is 0 Å². The Morgan fingerprint density at radius 3 is 2.59 bits per heavy atom. The second-order valence-electron chi connectivity index (χ2n) is 5.82. The topological polar surface area (TPSA) is 38.8 Å². The summed E-state index contributed by atoms with van der Waals surface area (Å²) >= 11 is 0. The average Bonchev–Trinajstić information content (AvgIpc) is 2.51. The van der Waals surface area contributed by atoms with E-state index in [1.54, 1.807) is 0 Å². The molecule has 0 aliphatic carbocycles. The second kappa shape index (κ2) is 6.36. The van der Waals surface area contributed by atoms with Gasteiger partial charge in [0.25, 0.3) is 5.91 Å². The highest BCUT2D eigenvalue weighted by molar-refractivity contribution is 5.88. The number of hydrogen-bond acceptors (Lipinski definition) is 3. The zero-order valence-corrected chi connectivity index (χ0v) is 13.0. The van der Waals surface area contributed by atoms with Gasteiger partial charge in [0.1, 0.15) is 5.75 Å². The van der Waals surface area contributed by atoms with Crippen molar-refractivity contribution in [2.45, 2.75) is 26.1 Å². The van der Waals surface area contributed by atoms with E-state index in [0.717, 1.165) is 16.5 Å². The van der Waals surface area contributed by atoms with Crippen LogP contribution in [0.5, 0.6) is 5.75 Å². The third kappa shape index (κ3) is 3.22. The van der Waals surface area contributed by atoms with Crippen LogP contribution in [0.2, 0.25) is 0 Å². The Kier molecular flexibility index (Phi) is 4.29. The molecule has 1 aliphatic heterocycles. The maximum Gasteiger partial charge on any atom is 0.260 e. The van der Waals surface area contributed by atoms with Crippen LogP contribution in [0.3, 0.4) is 0 Å². The van der Waals surface area contributed by atoms with Crippen molar-refractivity contribution in [1.29, 1.82) is 0 Å². The van der Waals surface area contributed by atoms with Gasteiger partial charge in [-0.05, 0) is 25.3 Å². The van der Waals surface area contributed by atoms with Crippen LogP contribution in [0.25, 0.3) is 10.8 Å². The van der Waals surface area contributed by atoms with Crippen molar-refractivity contribution in [3.8, 4) is 5.75 Å². The molecule has 1 heterocycles. The Morgan fingerprint density at radius 2 is 1.82 bits per heavy atom. The second-order valence-corrected chi connectivity index (χ2v) is 5.82. The highest BCUT2D eigenvalue weighted by Crippen LogP contribution is 2.25. The van der Waals surface area contributed by atoms with Crippen LogP contribution in [0, 0.1) is 0 Å². The minimum atomic E-state index is 0.00920. The molecular formula is C18H21NO3. The van der Waals surface area contributed by atoms with Crippen molar-refractivity contribution in [3.05, 3.63) is 42.5 Å². The van der Waals surface area contributed by atoms with Crippen molar-refractivity contribution < 1.29 is 14.3 Å². The van der Waals surface area contributed by atoms with E-state index in [-0.39, 0.29) is 24.7 Å². The maximum atomic E-state index is 12.3. The van der Waals surface area contributed by atoms with Gasteiger partial charge in [-0.15, -0.1) is 0 Å². The van der Waals surface area contributed by atoms with E-state index in [1.807, 2.05) is 61.2 Å².